The monoisotopic (exact) mass is 240 g/mol. The van der Waals surface area contributed by atoms with Crippen molar-refractivity contribution in [3.05, 3.63) is 71.8 Å². The van der Waals surface area contributed by atoms with Crippen LogP contribution >= 0.6 is 0 Å². The summed E-state index contributed by atoms with van der Waals surface area (Å²) in [6, 6.07) is 20.8. The number of ether oxygens (including phenoxy) is 2. The van der Waals surface area contributed by atoms with E-state index >= 15 is 0 Å². The molecule has 0 N–H and O–H groups in total. The Morgan fingerprint density at radius 3 is 1.78 bits per heavy atom. The van der Waals surface area contributed by atoms with Crippen LogP contribution in [-0.2, 0) is 15.1 Å². The molecular formula is C16H16O2. The van der Waals surface area contributed by atoms with E-state index in [2.05, 4.69) is 48.5 Å². The van der Waals surface area contributed by atoms with Gasteiger partial charge in [-0.2, -0.15) is 0 Å². The molecule has 2 nitrogen and oxygen atoms in total. The molecule has 0 bridgehead atoms. The predicted molar refractivity (Wildman–Crippen MR) is 70.2 cm³/mol. The highest BCUT2D eigenvalue weighted by atomic mass is 16.7. The fourth-order valence-electron chi connectivity index (χ4n) is 2.53. The third-order valence-electron chi connectivity index (χ3n) is 3.47. The molecule has 1 aliphatic heterocycles. The fourth-order valence-corrected chi connectivity index (χ4v) is 2.53. The fraction of sp³-hybridized carbons (Fsp3) is 0.250. The van der Waals surface area contributed by atoms with Crippen LogP contribution in [0.4, 0.5) is 0 Å². The summed E-state index contributed by atoms with van der Waals surface area (Å²) in [5, 5.41) is 0. The maximum Gasteiger partial charge on any atom is 0.148 e. The average Bonchev–Trinajstić information content (AvgIpc) is 2.50. The van der Waals surface area contributed by atoms with Crippen LogP contribution in [0.25, 0.3) is 0 Å². The molecule has 0 aliphatic carbocycles. The van der Waals surface area contributed by atoms with Gasteiger partial charge in [-0.25, -0.2) is 0 Å². The lowest BCUT2D eigenvalue weighted by molar-refractivity contribution is -0.180. The SMILES string of the molecule is c1ccc(C2(c3ccccc3)CCOCO2)cc1. The lowest BCUT2D eigenvalue weighted by Crippen LogP contribution is -2.37. The zero-order chi connectivity index (χ0) is 12.3. The maximum atomic E-state index is 6.02. The number of benzene rings is 2. The summed E-state index contributed by atoms with van der Waals surface area (Å²) in [6.07, 6.45) is 0.848. The van der Waals surface area contributed by atoms with Crippen molar-refractivity contribution in [3.8, 4) is 0 Å². The normalized spacial score (nSPS) is 18.4. The Morgan fingerprint density at radius 2 is 1.33 bits per heavy atom. The molecule has 1 aliphatic rings. The van der Waals surface area contributed by atoms with Crippen molar-refractivity contribution in [3.63, 3.8) is 0 Å². The first kappa shape index (κ1) is 11.5. The van der Waals surface area contributed by atoms with Gasteiger partial charge in [-0.15, -0.1) is 0 Å². The van der Waals surface area contributed by atoms with E-state index in [0.717, 1.165) is 13.0 Å². The number of rotatable bonds is 2. The third kappa shape index (κ3) is 1.94. The Hall–Kier alpha value is -1.64. The standard InChI is InChI=1S/C16H16O2/c1-3-7-14(8-4-1)16(11-12-17-13-18-16)15-9-5-2-6-10-15/h1-10H,11-13H2. The van der Waals surface area contributed by atoms with Crippen molar-refractivity contribution in [1.82, 2.24) is 0 Å². The second-order valence-corrected chi connectivity index (χ2v) is 4.48. The summed E-state index contributed by atoms with van der Waals surface area (Å²) in [7, 11) is 0. The highest BCUT2D eigenvalue weighted by molar-refractivity contribution is 5.36. The topological polar surface area (TPSA) is 18.5 Å². The van der Waals surface area contributed by atoms with Gasteiger partial charge in [-0.3, -0.25) is 0 Å². The van der Waals surface area contributed by atoms with Gasteiger partial charge >= 0.3 is 0 Å². The molecule has 0 spiro atoms. The molecule has 0 radical (unpaired) electrons. The van der Waals surface area contributed by atoms with E-state index in [-0.39, 0.29) is 5.60 Å². The highest BCUT2D eigenvalue weighted by Gasteiger charge is 2.37. The molecule has 3 rings (SSSR count). The molecule has 0 unspecified atom stereocenters. The van der Waals surface area contributed by atoms with Crippen molar-refractivity contribution in [2.24, 2.45) is 0 Å². The highest BCUT2D eigenvalue weighted by Crippen LogP contribution is 2.38. The first-order chi connectivity index (χ1) is 8.92. The van der Waals surface area contributed by atoms with Crippen LogP contribution in [0.3, 0.4) is 0 Å². The Bertz CT molecular complexity index is 446. The van der Waals surface area contributed by atoms with Gasteiger partial charge in [0.15, 0.2) is 0 Å². The van der Waals surface area contributed by atoms with Gasteiger partial charge in [0.25, 0.3) is 0 Å². The molecule has 0 saturated carbocycles. The zero-order valence-electron chi connectivity index (χ0n) is 10.2. The minimum atomic E-state index is -0.360. The van der Waals surface area contributed by atoms with Gasteiger partial charge in [0.2, 0.25) is 0 Å². The molecule has 0 atom stereocenters. The van der Waals surface area contributed by atoms with Crippen molar-refractivity contribution in [1.29, 1.82) is 0 Å². The molecule has 0 aromatic heterocycles. The molecule has 2 heteroatoms. The van der Waals surface area contributed by atoms with Crippen molar-refractivity contribution in [2.75, 3.05) is 13.4 Å². The van der Waals surface area contributed by atoms with E-state index in [1.54, 1.807) is 0 Å². The van der Waals surface area contributed by atoms with Crippen molar-refractivity contribution in [2.45, 2.75) is 12.0 Å². The van der Waals surface area contributed by atoms with Crippen LogP contribution in [0.15, 0.2) is 60.7 Å². The van der Waals surface area contributed by atoms with E-state index in [9.17, 15) is 0 Å². The molecular weight excluding hydrogens is 224 g/mol. The maximum absolute atomic E-state index is 6.02. The van der Waals surface area contributed by atoms with Crippen molar-refractivity contribution < 1.29 is 9.47 Å². The van der Waals surface area contributed by atoms with Gasteiger partial charge in [-0.1, -0.05) is 60.7 Å². The average molecular weight is 240 g/mol. The van der Waals surface area contributed by atoms with Crippen molar-refractivity contribution >= 4 is 0 Å². The van der Waals surface area contributed by atoms with E-state index in [0.29, 0.717) is 6.79 Å². The lowest BCUT2D eigenvalue weighted by Gasteiger charge is -2.38. The van der Waals surface area contributed by atoms with Gasteiger partial charge in [-0.05, 0) is 11.1 Å². The summed E-state index contributed by atoms with van der Waals surface area (Å²) in [4.78, 5) is 0. The van der Waals surface area contributed by atoms with Crippen LogP contribution in [0.5, 0.6) is 0 Å². The van der Waals surface area contributed by atoms with Crippen LogP contribution in [0.2, 0.25) is 0 Å². The summed E-state index contributed by atoms with van der Waals surface area (Å²) in [6.45, 7) is 1.08. The Balaban J connectivity index is 2.10. The minimum absolute atomic E-state index is 0.351. The molecule has 2 aromatic rings. The number of hydrogen-bond acceptors (Lipinski definition) is 2. The van der Waals surface area contributed by atoms with E-state index in [1.165, 1.54) is 11.1 Å². The van der Waals surface area contributed by atoms with Crippen LogP contribution in [-0.4, -0.2) is 13.4 Å². The Morgan fingerprint density at radius 1 is 0.778 bits per heavy atom. The minimum Gasteiger partial charge on any atom is -0.355 e. The van der Waals surface area contributed by atoms with Crippen LogP contribution in [0.1, 0.15) is 17.5 Å². The summed E-state index contributed by atoms with van der Waals surface area (Å²) < 4.78 is 11.4. The molecule has 1 saturated heterocycles. The summed E-state index contributed by atoms with van der Waals surface area (Å²) >= 11 is 0. The molecule has 0 amide bonds. The first-order valence-corrected chi connectivity index (χ1v) is 6.25. The molecule has 92 valence electrons. The Kier molecular flexibility index (Phi) is 3.13. The lowest BCUT2D eigenvalue weighted by atomic mass is 9.83. The van der Waals surface area contributed by atoms with Gasteiger partial charge in [0.05, 0.1) is 6.61 Å². The second-order valence-electron chi connectivity index (χ2n) is 4.48. The van der Waals surface area contributed by atoms with Gasteiger partial charge in [0, 0.05) is 6.42 Å². The quantitative estimate of drug-likeness (QED) is 0.801. The molecule has 1 fully saturated rings. The summed E-state index contributed by atoms with van der Waals surface area (Å²) in [5.41, 5.74) is 2.03. The smallest absolute Gasteiger partial charge is 0.148 e. The molecule has 18 heavy (non-hydrogen) atoms. The Labute approximate surface area is 107 Å². The molecule has 2 aromatic carbocycles. The van der Waals surface area contributed by atoms with E-state index in [4.69, 9.17) is 9.47 Å². The summed E-state index contributed by atoms with van der Waals surface area (Å²) in [5.74, 6) is 0. The van der Waals surface area contributed by atoms with Crippen LogP contribution in [0, 0.1) is 0 Å². The largest absolute Gasteiger partial charge is 0.355 e. The molecule has 1 heterocycles. The van der Waals surface area contributed by atoms with E-state index in [1.807, 2.05) is 12.1 Å². The number of hydrogen-bond donors (Lipinski definition) is 0. The van der Waals surface area contributed by atoms with Crippen LogP contribution < -0.4 is 0 Å². The third-order valence-corrected chi connectivity index (χ3v) is 3.47. The predicted octanol–water partition coefficient (Wildman–Crippen LogP) is 3.32. The first-order valence-electron chi connectivity index (χ1n) is 6.25. The van der Waals surface area contributed by atoms with Gasteiger partial charge in [0.1, 0.15) is 12.4 Å². The van der Waals surface area contributed by atoms with Gasteiger partial charge < -0.3 is 9.47 Å². The van der Waals surface area contributed by atoms with E-state index < -0.39 is 0 Å². The zero-order valence-corrected chi connectivity index (χ0v) is 10.2. The second kappa shape index (κ2) is 4.92.